The van der Waals surface area contributed by atoms with Gasteiger partial charge in [-0.05, 0) is 60.7 Å². The summed E-state index contributed by atoms with van der Waals surface area (Å²) in [6.45, 7) is 6.17. The van der Waals surface area contributed by atoms with Crippen molar-refractivity contribution in [3.63, 3.8) is 0 Å². The average Bonchev–Trinajstić information content (AvgIpc) is 2.33. The number of aliphatic hydroxyl groups is 1. The SMILES string of the molecule is Cc1ccc(CC(O)c2ccc(Cl)cc2C)cc1C. The molecule has 0 aliphatic heterocycles. The standard InChI is InChI=1S/C17H19ClO/c1-11-4-5-14(8-12(11)2)10-17(19)16-7-6-15(18)9-13(16)3/h4-9,17,19H,10H2,1-3H3. The molecule has 0 spiro atoms. The molecule has 100 valence electrons. The summed E-state index contributed by atoms with van der Waals surface area (Å²) in [7, 11) is 0. The predicted molar refractivity (Wildman–Crippen MR) is 80.8 cm³/mol. The van der Waals surface area contributed by atoms with E-state index < -0.39 is 6.10 Å². The first kappa shape index (κ1) is 14.1. The van der Waals surface area contributed by atoms with Crippen LogP contribution in [-0.2, 0) is 6.42 Å². The summed E-state index contributed by atoms with van der Waals surface area (Å²) in [6.07, 6.45) is 0.142. The van der Waals surface area contributed by atoms with E-state index in [1.165, 1.54) is 11.1 Å². The predicted octanol–water partition coefficient (Wildman–Crippen LogP) is 4.54. The highest BCUT2D eigenvalue weighted by molar-refractivity contribution is 6.30. The maximum absolute atomic E-state index is 10.4. The number of aliphatic hydroxyl groups excluding tert-OH is 1. The highest BCUT2D eigenvalue weighted by atomic mass is 35.5. The van der Waals surface area contributed by atoms with Gasteiger partial charge in [-0.1, -0.05) is 35.9 Å². The van der Waals surface area contributed by atoms with Gasteiger partial charge in [0, 0.05) is 11.4 Å². The van der Waals surface area contributed by atoms with E-state index in [4.69, 9.17) is 11.6 Å². The van der Waals surface area contributed by atoms with Gasteiger partial charge in [-0.3, -0.25) is 0 Å². The Hall–Kier alpha value is -1.31. The monoisotopic (exact) mass is 274 g/mol. The molecular formula is C17H19ClO. The molecule has 1 atom stereocenters. The number of benzene rings is 2. The molecule has 2 rings (SSSR count). The fraction of sp³-hybridized carbons (Fsp3) is 0.294. The van der Waals surface area contributed by atoms with E-state index in [1.807, 2.05) is 25.1 Å². The Kier molecular flexibility index (Phi) is 4.28. The Morgan fingerprint density at radius 2 is 1.68 bits per heavy atom. The first-order chi connectivity index (χ1) is 8.97. The molecule has 0 aliphatic carbocycles. The van der Waals surface area contributed by atoms with Crippen LogP contribution in [-0.4, -0.2) is 5.11 Å². The molecule has 0 saturated carbocycles. The third-order valence-electron chi connectivity index (χ3n) is 3.59. The lowest BCUT2D eigenvalue weighted by Crippen LogP contribution is -2.04. The topological polar surface area (TPSA) is 20.2 Å². The van der Waals surface area contributed by atoms with Crippen molar-refractivity contribution < 1.29 is 5.11 Å². The highest BCUT2D eigenvalue weighted by Gasteiger charge is 2.12. The van der Waals surface area contributed by atoms with Gasteiger partial charge in [0.05, 0.1) is 6.10 Å². The smallest absolute Gasteiger partial charge is 0.0832 e. The van der Waals surface area contributed by atoms with Crippen LogP contribution in [0.2, 0.25) is 5.02 Å². The van der Waals surface area contributed by atoms with Crippen molar-refractivity contribution in [3.8, 4) is 0 Å². The minimum atomic E-state index is -0.487. The van der Waals surface area contributed by atoms with Crippen LogP contribution in [0.3, 0.4) is 0 Å². The van der Waals surface area contributed by atoms with Crippen LogP contribution >= 0.6 is 11.6 Å². The zero-order valence-corrected chi connectivity index (χ0v) is 12.3. The molecule has 0 radical (unpaired) electrons. The summed E-state index contributed by atoms with van der Waals surface area (Å²) in [5.41, 5.74) is 5.68. The molecule has 0 aromatic heterocycles. The van der Waals surface area contributed by atoms with Crippen molar-refractivity contribution in [2.75, 3.05) is 0 Å². The Morgan fingerprint density at radius 3 is 2.32 bits per heavy atom. The van der Waals surface area contributed by atoms with Crippen molar-refractivity contribution in [1.82, 2.24) is 0 Å². The van der Waals surface area contributed by atoms with Crippen molar-refractivity contribution in [2.45, 2.75) is 33.3 Å². The highest BCUT2D eigenvalue weighted by Crippen LogP contribution is 2.24. The van der Waals surface area contributed by atoms with Gasteiger partial charge in [0.15, 0.2) is 0 Å². The zero-order valence-electron chi connectivity index (χ0n) is 11.6. The second-order valence-electron chi connectivity index (χ2n) is 5.14. The molecule has 19 heavy (non-hydrogen) atoms. The minimum Gasteiger partial charge on any atom is -0.388 e. The Morgan fingerprint density at radius 1 is 0.947 bits per heavy atom. The number of hydrogen-bond donors (Lipinski definition) is 1. The van der Waals surface area contributed by atoms with Gasteiger partial charge in [0.25, 0.3) is 0 Å². The summed E-state index contributed by atoms with van der Waals surface area (Å²) in [4.78, 5) is 0. The molecular weight excluding hydrogens is 256 g/mol. The summed E-state index contributed by atoms with van der Waals surface area (Å²) in [6, 6.07) is 11.9. The molecule has 0 heterocycles. The molecule has 0 bridgehead atoms. The fourth-order valence-electron chi connectivity index (χ4n) is 2.28. The largest absolute Gasteiger partial charge is 0.388 e. The van der Waals surface area contributed by atoms with Crippen molar-refractivity contribution in [3.05, 3.63) is 69.2 Å². The van der Waals surface area contributed by atoms with Crippen LogP contribution in [0, 0.1) is 20.8 Å². The van der Waals surface area contributed by atoms with Gasteiger partial charge in [-0.25, -0.2) is 0 Å². The Balaban J connectivity index is 2.20. The molecule has 1 N–H and O–H groups in total. The summed E-state index contributed by atoms with van der Waals surface area (Å²) in [5, 5.41) is 11.1. The molecule has 2 heteroatoms. The molecule has 2 aromatic rings. The van der Waals surface area contributed by atoms with E-state index in [1.54, 1.807) is 0 Å². The summed E-state index contributed by atoms with van der Waals surface area (Å²) in [5.74, 6) is 0. The maximum Gasteiger partial charge on any atom is 0.0832 e. The first-order valence-corrected chi connectivity index (χ1v) is 6.85. The third-order valence-corrected chi connectivity index (χ3v) is 3.83. The van der Waals surface area contributed by atoms with Gasteiger partial charge in [-0.15, -0.1) is 0 Å². The van der Waals surface area contributed by atoms with Gasteiger partial charge < -0.3 is 5.11 Å². The molecule has 0 fully saturated rings. The van der Waals surface area contributed by atoms with Crippen LogP contribution in [0.5, 0.6) is 0 Å². The van der Waals surface area contributed by atoms with Gasteiger partial charge >= 0.3 is 0 Å². The van der Waals surface area contributed by atoms with Crippen LogP contribution in [0.15, 0.2) is 36.4 Å². The van der Waals surface area contributed by atoms with E-state index in [0.717, 1.165) is 16.7 Å². The van der Waals surface area contributed by atoms with E-state index in [-0.39, 0.29) is 0 Å². The van der Waals surface area contributed by atoms with Gasteiger partial charge in [0.2, 0.25) is 0 Å². The molecule has 2 aromatic carbocycles. The van der Waals surface area contributed by atoms with Gasteiger partial charge in [-0.2, -0.15) is 0 Å². The van der Waals surface area contributed by atoms with Crippen molar-refractivity contribution in [1.29, 1.82) is 0 Å². The zero-order chi connectivity index (χ0) is 14.0. The van der Waals surface area contributed by atoms with E-state index in [9.17, 15) is 5.11 Å². The Labute approximate surface area is 119 Å². The minimum absolute atomic E-state index is 0.487. The van der Waals surface area contributed by atoms with Crippen LogP contribution in [0.1, 0.15) is 33.9 Å². The molecule has 0 aliphatic rings. The third kappa shape index (κ3) is 3.37. The van der Waals surface area contributed by atoms with Crippen molar-refractivity contribution in [2.24, 2.45) is 0 Å². The quantitative estimate of drug-likeness (QED) is 0.871. The van der Waals surface area contributed by atoms with E-state index in [0.29, 0.717) is 11.4 Å². The number of rotatable bonds is 3. The second-order valence-corrected chi connectivity index (χ2v) is 5.58. The number of aryl methyl sites for hydroxylation is 3. The van der Waals surface area contributed by atoms with Gasteiger partial charge in [0.1, 0.15) is 0 Å². The van der Waals surface area contributed by atoms with Crippen LogP contribution in [0.25, 0.3) is 0 Å². The lowest BCUT2D eigenvalue weighted by molar-refractivity contribution is 0.177. The second kappa shape index (κ2) is 5.77. The summed E-state index contributed by atoms with van der Waals surface area (Å²) < 4.78 is 0. The molecule has 0 amide bonds. The summed E-state index contributed by atoms with van der Waals surface area (Å²) >= 11 is 5.94. The molecule has 0 saturated heterocycles. The van der Waals surface area contributed by atoms with Crippen LogP contribution in [0.4, 0.5) is 0 Å². The lowest BCUT2D eigenvalue weighted by atomic mass is 9.96. The van der Waals surface area contributed by atoms with Crippen molar-refractivity contribution >= 4 is 11.6 Å². The van der Waals surface area contributed by atoms with Crippen LogP contribution < -0.4 is 0 Å². The maximum atomic E-state index is 10.4. The fourth-order valence-corrected chi connectivity index (χ4v) is 2.50. The normalized spacial score (nSPS) is 12.5. The average molecular weight is 275 g/mol. The Bertz CT molecular complexity index is 590. The van der Waals surface area contributed by atoms with E-state index in [2.05, 4.69) is 32.0 Å². The number of hydrogen-bond acceptors (Lipinski definition) is 1. The lowest BCUT2D eigenvalue weighted by Gasteiger charge is -2.15. The number of halogens is 1. The molecule has 1 unspecified atom stereocenters. The molecule has 1 nitrogen and oxygen atoms in total. The first-order valence-electron chi connectivity index (χ1n) is 6.47. The van der Waals surface area contributed by atoms with E-state index >= 15 is 0 Å².